The summed E-state index contributed by atoms with van der Waals surface area (Å²) in [5.74, 6) is 0. The molecule has 0 unspecified atom stereocenters. The molecule has 1 radical (unpaired) electrons. The smallest absolute Gasteiger partial charge is 0.312 e. The van der Waals surface area contributed by atoms with Crippen molar-refractivity contribution in [3.8, 4) is 0 Å². The lowest BCUT2D eigenvalue weighted by Crippen LogP contribution is -2.25. The number of carbonyl (C=O) groups excluding carboxylic acids is 1. The monoisotopic (exact) mass is 157 g/mol. The Balaban J connectivity index is 3.28. The molecule has 0 N–H and O–H groups in total. The summed E-state index contributed by atoms with van der Waals surface area (Å²) in [6, 6.07) is 0. The molecule has 0 atom stereocenters. The molecule has 0 rings (SSSR count). The van der Waals surface area contributed by atoms with Crippen molar-refractivity contribution in [1.29, 1.82) is 0 Å². The second kappa shape index (κ2) is 6.16. The van der Waals surface area contributed by atoms with Gasteiger partial charge in [0.15, 0.2) is 0 Å². The Hall–Kier alpha value is -0.570. The molecule has 11 heavy (non-hydrogen) atoms. The van der Waals surface area contributed by atoms with Gasteiger partial charge in [0.25, 0.3) is 0 Å². The summed E-state index contributed by atoms with van der Waals surface area (Å²) < 4.78 is 0. The molecule has 0 saturated heterocycles. The molecule has 0 aliphatic heterocycles. The fraction of sp³-hybridized carbons (Fsp3) is 0.875. The van der Waals surface area contributed by atoms with Gasteiger partial charge in [-0.2, -0.15) is 0 Å². The molecule has 0 saturated carbocycles. The van der Waals surface area contributed by atoms with E-state index in [1.54, 1.807) is 4.90 Å². The Labute approximate surface area is 69.0 Å². The third-order valence-electron chi connectivity index (χ3n) is 1.54. The van der Waals surface area contributed by atoms with Crippen LogP contribution in [-0.4, -0.2) is 49.9 Å². The van der Waals surface area contributed by atoms with Gasteiger partial charge in [0.05, 0.1) is 0 Å². The summed E-state index contributed by atoms with van der Waals surface area (Å²) in [6.07, 6.45) is 2.91. The van der Waals surface area contributed by atoms with E-state index in [9.17, 15) is 4.79 Å². The first-order chi connectivity index (χ1) is 5.20. The summed E-state index contributed by atoms with van der Waals surface area (Å²) >= 11 is 0. The minimum Gasteiger partial charge on any atom is -0.335 e. The number of amides is 1. The van der Waals surface area contributed by atoms with E-state index in [-0.39, 0.29) is 0 Å². The second-order valence-corrected chi connectivity index (χ2v) is 2.83. The van der Waals surface area contributed by atoms with Crippen LogP contribution in [0.25, 0.3) is 0 Å². The lowest BCUT2D eigenvalue weighted by Gasteiger charge is -2.15. The molecule has 0 aliphatic carbocycles. The maximum Gasteiger partial charge on any atom is 0.312 e. The van der Waals surface area contributed by atoms with E-state index in [0.717, 1.165) is 26.1 Å². The van der Waals surface area contributed by atoms with Crippen LogP contribution in [0.5, 0.6) is 0 Å². The van der Waals surface area contributed by atoms with Crippen LogP contribution in [0, 0.1) is 0 Å². The van der Waals surface area contributed by atoms with Gasteiger partial charge in [-0.1, -0.05) is 0 Å². The molecule has 3 nitrogen and oxygen atoms in total. The zero-order valence-electron chi connectivity index (χ0n) is 7.63. The van der Waals surface area contributed by atoms with Crippen LogP contribution >= 0.6 is 0 Å². The number of nitrogens with zero attached hydrogens (tertiary/aromatic N) is 2. The predicted octanol–water partition coefficient (Wildman–Crippen LogP) is 0.327. The fourth-order valence-corrected chi connectivity index (χ4v) is 0.846. The normalized spacial score (nSPS) is 10.2. The van der Waals surface area contributed by atoms with Gasteiger partial charge < -0.3 is 9.80 Å². The van der Waals surface area contributed by atoms with Crippen LogP contribution in [0.15, 0.2) is 0 Å². The molecule has 0 aromatic rings. The lowest BCUT2D eigenvalue weighted by atomic mass is 10.4. The molecule has 0 aromatic heterocycles. The number of hydrogen-bond donors (Lipinski definition) is 0. The summed E-state index contributed by atoms with van der Waals surface area (Å²) in [5, 5.41) is 0. The highest BCUT2D eigenvalue weighted by molar-refractivity contribution is 5.47. The van der Waals surface area contributed by atoms with Gasteiger partial charge in [-0.15, -0.1) is 0 Å². The summed E-state index contributed by atoms with van der Waals surface area (Å²) in [6.45, 7) is 4.56. The van der Waals surface area contributed by atoms with E-state index in [0.29, 0.717) is 0 Å². The van der Waals surface area contributed by atoms with Gasteiger partial charge >= 0.3 is 6.41 Å². The molecule has 0 fully saturated rings. The average Bonchev–Trinajstić information content (AvgIpc) is 1.98. The van der Waals surface area contributed by atoms with Crippen molar-refractivity contribution in [3.63, 3.8) is 0 Å². The van der Waals surface area contributed by atoms with E-state index in [4.69, 9.17) is 0 Å². The van der Waals surface area contributed by atoms with E-state index in [1.165, 1.54) is 0 Å². The minimum atomic E-state index is 0.761. The second-order valence-electron chi connectivity index (χ2n) is 2.83. The van der Waals surface area contributed by atoms with Crippen LogP contribution in [-0.2, 0) is 4.79 Å². The summed E-state index contributed by atoms with van der Waals surface area (Å²) in [4.78, 5) is 14.0. The van der Waals surface area contributed by atoms with Crippen LogP contribution < -0.4 is 0 Å². The van der Waals surface area contributed by atoms with Crippen LogP contribution in [0.1, 0.15) is 13.3 Å². The largest absolute Gasteiger partial charge is 0.335 e. The predicted molar refractivity (Wildman–Crippen MR) is 46.1 cm³/mol. The molecule has 0 spiro atoms. The van der Waals surface area contributed by atoms with Crippen molar-refractivity contribution in [3.05, 3.63) is 0 Å². The quantitative estimate of drug-likeness (QED) is 0.519. The topological polar surface area (TPSA) is 23.6 Å². The van der Waals surface area contributed by atoms with Crippen molar-refractivity contribution in [2.24, 2.45) is 0 Å². The molecular formula is C8H17N2O. The van der Waals surface area contributed by atoms with Crippen molar-refractivity contribution in [1.82, 2.24) is 9.80 Å². The van der Waals surface area contributed by atoms with Gasteiger partial charge in [-0.05, 0) is 34.0 Å². The maximum atomic E-state index is 10.2. The summed E-state index contributed by atoms with van der Waals surface area (Å²) in [7, 11) is 4.06. The molecule has 0 bridgehead atoms. The van der Waals surface area contributed by atoms with Crippen LogP contribution in [0.3, 0.4) is 0 Å². The Kier molecular flexibility index (Phi) is 5.84. The van der Waals surface area contributed by atoms with E-state index in [1.807, 2.05) is 27.4 Å². The Morgan fingerprint density at radius 2 is 1.91 bits per heavy atom. The first kappa shape index (κ1) is 10.4. The zero-order chi connectivity index (χ0) is 8.69. The maximum absolute atomic E-state index is 10.2. The Morgan fingerprint density at radius 3 is 2.27 bits per heavy atom. The molecule has 0 heterocycles. The third kappa shape index (κ3) is 5.85. The standard InChI is InChI=1S/C8H17N2O/c1-4-10(8-11)7-5-6-9(2)3/h4-7H2,1-3H3. The van der Waals surface area contributed by atoms with Gasteiger partial charge in [0.2, 0.25) is 0 Å². The van der Waals surface area contributed by atoms with Crippen molar-refractivity contribution in [2.45, 2.75) is 13.3 Å². The minimum absolute atomic E-state index is 0.761. The lowest BCUT2D eigenvalue weighted by molar-refractivity contribution is 0.341. The summed E-state index contributed by atoms with van der Waals surface area (Å²) in [5.41, 5.74) is 0. The highest BCUT2D eigenvalue weighted by Crippen LogP contribution is 1.88. The van der Waals surface area contributed by atoms with Crippen LogP contribution in [0.2, 0.25) is 0 Å². The Bertz CT molecular complexity index is 104. The first-order valence-corrected chi connectivity index (χ1v) is 3.98. The van der Waals surface area contributed by atoms with Crippen LogP contribution in [0.4, 0.5) is 0 Å². The first-order valence-electron chi connectivity index (χ1n) is 3.98. The zero-order valence-corrected chi connectivity index (χ0v) is 7.63. The van der Waals surface area contributed by atoms with E-state index >= 15 is 0 Å². The van der Waals surface area contributed by atoms with Gasteiger partial charge in [-0.3, -0.25) is 4.79 Å². The van der Waals surface area contributed by atoms with Crippen molar-refractivity contribution < 1.29 is 4.79 Å². The third-order valence-corrected chi connectivity index (χ3v) is 1.54. The number of hydrogen-bond acceptors (Lipinski definition) is 2. The highest BCUT2D eigenvalue weighted by atomic mass is 16.1. The van der Waals surface area contributed by atoms with Gasteiger partial charge in [-0.25, -0.2) is 0 Å². The highest BCUT2D eigenvalue weighted by Gasteiger charge is 1.98. The molecule has 1 amide bonds. The van der Waals surface area contributed by atoms with Gasteiger partial charge in [0, 0.05) is 13.1 Å². The number of rotatable bonds is 6. The average molecular weight is 157 g/mol. The molecule has 3 heteroatoms. The van der Waals surface area contributed by atoms with Gasteiger partial charge in [0.1, 0.15) is 0 Å². The molecule has 0 aromatic carbocycles. The molecule has 0 aliphatic rings. The SMILES string of the molecule is CCN([C]=O)CCCN(C)C. The van der Waals surface area contributed by atoms with E-state index < -0.39 is 0 Å². The molecular weight excluding hydrogens is 140 g/mol. The van der Waals surface area contributed by atoms with Crippen molar-refractivity contribution >= 4 is 6.41 Å². The van der Waals surface area contributed by atoms with Crippen molar-refractivity contribution in [2.75, 3.05) is 33.7 Å². The Morgan fingerprint density at radius 1 is 1.27 bits per heavy atom. The van der Waals surface area contributed by atoms with E-state index in [2.05, 4.69) is 4.90 Å². The fourth-order valence-electron chi connectivity index (χ4n) is 0.846. The molecule has 65 valence electrons.